The van der Waals surface area contributed by atoms with E-state index >= 15 is 0 Å². The molecule has 268 valence electrons. The van der Waals surface area contributed by atoms with Crippen molar-refractivity contribution in [3.05, 3.63) is 64.7 Å². The summed E-state index contributed by atoms with van der Waals surface area (Å²) in [4.78, 5) is 27.6. The first-order valence-corrected chi connectivity index (χ1v) is 25.0. The van der Waals surface area contributed by atoms with Gasteiger partial charge >= 0.3 is 0 Å². The fourth-order valence-corrected chi connectivity index (χ4v) is 11.9. The Hall–Kier alpha value is -2.23. The summed E-state index contributed by atoms with van der Waals surface area (Å²) in [7, 11) is -3.86. The van der Waals surface area contributed by atoms with Crippen LogP contribution in [-0.2, 0) is 10.8 Å². The van der Waals surface area contributed by atoms with Crippen molar-refractivity contribution in [2.45, 2.75) is 148 Å². The zero-order chi connectivity index (χ0) is 35.7. The monoisotopic (exact) mass is 701 g/mol. The van der Waals surface area contributed by atoms with E-state index in [0.29, 0.717) is 47.4 Å². The van der Waals surface area contributed by atoms with Crippen molar-refractivity contribution in [1.29, 1.82) is 0 Å². The first-order chi connectivity index (χ1) is 22.7. The Kier molecular flexibility index (Phi) is 9.53. The molecular weight excluding hydrogens is 639 g/mol. The zero-order valence-corrected chi connectivity index (χ0v) is 34.4. The molecule has 0 aromatic heterocycles. The summed E-state index contributed by atoms with van der Waals surface area (Å²) < 4.78 is 14.1. The van der Waals surface area contributed by atoms with E-state index in [0.717, 1.165) is 31.4 Å². The molecular formula is C42H63NO4Si2. The van der Waals surface area contributed by atoms with Crippen molar-refractivity contribution in [2.24, 2.45) is 23.2 Å². The molecule has 2 aromatic rings. The number of amides is 2. The molecule has 2 saturated carbocycles. The predicted molar refractivity (Wildman–Crippen MR) is 205 cm³/mol. The van der Waals surface area contributed by atoms with E-state index in [1.165, 1.54) is 36.1 Å². The van der Waals surface area contributed by atoms with Crippen LogP contribution in [0.2, 0.25) is 36.3 Å². The average Bonchev–Trinajstić information content (AvgIpc) is 3.45. The second kappa shape index (κ2) is 12.8. The maximum atomic E-state index is 13.1. The normalized spacial score (nSPS) is 28.6. The Bertz CT molecular complexity index is 1550. The third-order valence-electron chi connectivity index (χ3n) is 14.2. The van der Waals surface area contributed by atoms with Gasteiger partial charge in [0.2, 0.25) is 8.32 Å². The van der Waals surface area contributed by atoms with Gasteiger partial charge in [-0.05, 0) is 146 Å². The number of fused-ring (bicyclic) bond motifs is 6. The fraction of sp³-hybridized carbons (Fsp3) is 0.667. The first-order valence-electron chi connectivity index (χ1n) is 19.2. The van der Waals surface area contributed by atoms with Gasteiger partial charge in [0.05, 0.1) is 17.2 Å². The summed E-state index contributed by atoms with van der Waals surface area (Å²) >= 11 is 0. The van der Waals surface area contributed by atoms with E-state index in [-0.39, 0.29) is 27.3 Å². The third-order valence-corrected chi connectivity index (χ3v) is 23.1. The van der Waals surface area contributed by atoms with E-state index in [9.17, 15) is 9.59 Å². The van der Waals surface area contributed by atoms with Gasteiger partial charge in [-0.1, -0.05) is 73.1 Å². The van der Waals surface area contributed by atoms with Crippen molar-refractivity contribution in [2.75, 3.05) is 6.54 Å². The topological polar surface area (TPSA) is 55.8 Å². The molecule has 7 heteroatoms. The van der Waals surface area contributed by atoms with Crippen molar-refractivity contribution in [3.8, 4) is 5.75 Å². The highest BCUT2D eigenvalue weighted by Gasteiger charge is 2.59. The molecule has 0 spiro atoms. The van der Waals surface area contributed by atoms with Crippen LogP contribution in [0.4, 0.5) is 0 Å². The van der Waals surface area contributed by atoms with Crippen LogP contribution in [0.3, 0.4) is 0 Å². The van der Waals surface area contributed by atoms with Crippen molar-refractivity contribution in [1.82, 2.24) is 4.90 Å². The van der Waals surface area contributed by atoms with E-state index in [1.54, 1.807) is 17.7 Å². The Morgan fingerprint density at radius 3 is 2.08 bits per heavy atom. The van der Waals surface area contributed by atoms with Crippen LogP contribution < -0.4 is 4.43 Å². The second-order valence-corrected chi connectivity index (χ2v) is 28.8. The number of rotatable bonds is 9. The van der Waals surface area contributed by atoms with Crippen LogP contribution in [0, 0.1) is 23.2 Å². The van der Waals surface area contributed by atoms with Crippen LogP contribution in [0.1, 0.15) is 131 Å². The number of hydrogen-bond donors (Lipinski definition) is 0. The van der Waals surface area contributed by atoms with Gasteiger partial charge in [0.25, 0.3) is 11.8 Å². The molecule has 0 radical (unpaired) electrons. The van der Waals surface area contributed by atoms with Crippen molar-refractivity contribution in [3.63, 3.8) is 0 Å². The summed E-state index contributed by atoms with van der Waals surface area (Å²) in [5.74, 6) is 3.19. The minimum Gasteiger partial charge on any atom is -0.543 e. The second-order valence-electron chi connectivity index (χ2n) is 19.3. The van der Waals surface area contributed by atoms with Crippen LogP contribution in [0.15, 0.2) is 42.5 Å². The lowest BCUT2D eigenvalue weighted by Crippen LogP contribution is -2.52. The Labute approximate surface area is 299 Å². The van der Waals surface area contributed by atoms with E-state index < -0.39 is 16.6 Å². The molecule has 0 bridgehead atoms. The standard InChI is InChI=1S/C42H63NO4Si2/c1-40(2,3)48(8,9)46-30-20-22-31-28(26-30)19-21-34-35-23-24-36(47-49(10,11)41(4,5)6)42(35,7)27-29(37(31)34)16-14-15-25-43-38(44)32-17-12-13-18-33(32)39(43)45/h12-13,17-18,20,22,26,29,34-37H,14-16,19,21,23-25,27H2,1-11H3/t29-,34-,35-,36-,37+,42-/m0/s1. The predicted octanol–water partition coefficient (Wildman–Crippen LogP) is 11.0. The SMILES string of the molecule is CC(C)(C)[Si](C)(C)Oc1ccc2c(c1)CC[C@@H]1[C@@H]2[C@@H](CCCCN2C(=O)c3ccccc3C2=O)C[C@]2(C)[C@@H](O[Si](C)(C)C(C)(C)C)CC[C@@H]12. The Morgan fingerprint density at radius 2 is 1.47 bits per heavy atom. The lowest BCUT2D eigenvalue weighted by atomic mass is 9.51. The van der Waals surface area contributed by atoms with E-state index in [1.807, 2.05) is 12.1 Å². The van der Waals surface area contributed by atoms with Gasteiger partial charge in [0.1, 0.15) is 5.75 Å². The number of carbonyl (C=O) groups is 2. The lowest BCUT2D eigenvalue weighted by Gasteiger charge is -2.55. The quantitative estimate of drug-likeness (QED) is 0.148. The molecule has 49 heavy (non-hydrogen) atoms. The Balaban J connectivity index is 1.25. The largest absolute Gasteiger partial charge is 0.543 e. The molecule has 5 nitrogen and oxygen atoms in total. The van der Waals surface area contributed by atoms with E-state index in [2.05, 4.69) is 92.9 Å². The number of unbranched alkanes of at least 4 members (excludes halogenated alkanes) is 1. The third kappa shape index (κ3) is 6.54. The molecule has 6 atom stereocenters. The van der Waals surface area contributed by atoms with Crippen LogP contribution in [-0.4, -0.2) is 46.0 Å². The number of carbonyl (C=O) groups excluding carboxylic acids is 2. The lowest BCUT2D eigenvalue weighted by molar-refractivity contribution is -0.0450. The molecule has 3 aliphatic carbocycles. The maximum Gasteiger partial charge on any atom is 0.261 e. The van der Waals surface area contributed by atoms with Crippen molar-refractivity contribution < 1.29 is 18.4 Å². The molecule has 6 rings (SSSR count). The molecule has 2 aromatic carbocycles. The van der Waals surface area contributed by atoms with Gasteiger partial charge in [0, 0.05) is 6.54 Å². The van der Waals surface area contributed by atoms with Crippen molar-refractivity contribution >= 4 is 28.4 Å². The van der Waals surface area contributed by atoms with Gasteiger partial charge in [-0.3, -0.25) is 14.5 Å². The highest BCUT2D eigenvalue weighted by atomic mass is 28.4. The molecule has 0 saturated heterocycles. The summed E-state index contributed by atoms with van der Waals surface area (Å²) in [6.45, 7) is 26.6. The summed E-state index contributed by atoms with van der Waals surface area (Å²) in [5.41, 5.74) is 4.31. The first kappa shape index (κ1) is 36.6. The molecule has 1 aliphatic heterocycles. The van der Waals surface area contributed by atoms with Gasteiger partial charge in [0.15, 0.2) is 8.32 Å². The molecule has 4 aliphatic rings. The smallest absolute Gasteiger partial charge is 0.261 e. The number of nitrogens with zero attached hydrogens (tertiary/aromatic N) is 1. The van der Waals surface area contributed by atoms with Crippen LogP contribution in [0.5, 0.6) is 5.75 Å². The number of aryl methyl sites for hydroxylation is 1. The summed E-state index contributed by atoms with van der Waals surface area (Å²) in [6, 6.07) is 14.3. The number of benzene rings is 2. The van der Waals surface area contributed by atoms with Gasteiger partial charge in [-0.15, -0.1) is 0 Å². The maximum absolute atomic E-state index is 13.1. The Morgan fingerprint density at radius 1 is 0.837 bits per heavy atom. The van der Waals surface area contributed by atoms with Crippen LogP contribution in [0.25, 0.3) is 0 Å². The number of imide groups is 1. The van der Waals surface area contributed by atoms with Crippen LogP contribution >= 0.6 is 0 Å². The minimum absolute atomic E-state index is 0.137. The van der Waals surface area contributed by atoms with Gasteiger partial charge < -0.3 is 8.85 Å². The highest BCUT2D eigenvalue weighted by molar-refractivity contribution is 6.75. The summed E-state index contributed by atoms with van der Waals surface area (Å²) in [5, 5.41) is 0.349. The molecule has 1 heterocycles. The molecule has 2 fully saturated rings. The minimum atomic E-state index is -1.93. The highest BCUT2D eigenvalue weighted by Crippen LogP contribution is 2.65. The molecule has 2 amide bonds. The van der Waals surface area contributed by atoms with Gasteiger partial charge in [-0.2, -0.15) is 0 Å². The summed E-state index contributed by atoms with van der Waals surface area (Å²) in [6.07, 6.45) is 9.28. The zero-order valence-electron chi connectivity index (χ0n) is 32.4. The number of hydrogen-bond acceptors (Lipinski definition) is 4. The van der Waals surface area contributed by atoms with Gasteiger partial charge in [-0.25, -0.2) is 0 Å². The average molecular weight is 702 g/mol. The molecule has 0 N–H and O–H groups in total. The molecule has 0 unspecified atom stereocenters. The van der Waals surface area contributed by atoms with E-state index in [4.69, 9.17) is 8.85 Å². The fourth-order valence-electron chi connectivity index (χ4n) is 9.46.